The molecule has 1 aromatic rings. The summed E-state index contributed by atoms with van der Waals surface area (Å²) in [5, 5.41) is 18.8. The number of halogens is 1. The van der Waals surface area contributed by atoms with Gasteiger partial charge in [-0.2, -0.15) is 0 Å². The number of hydrogen-bond acceptors (Lipinski definition) is 5. The molecule has 0 fully saturated rings. The lowest BCUT2D eigenvalue weighted by atomic mass is 9.93. The number of ether oxygens (including phenoxy) is 1. The van der Waals surface area contributed by atoms with Crippen molar-refractivity contribution in [3.63, 3.8) is 0 Å². The first-order valence-electron chi connectivity index (χ1n) is 6.14. The van der Waals surface area contributed by atoms with Gasteiger partial charge >= 0.3 is 11.9 Å². The van der Waals surface area contributed by atoms with Crippen LogP contribution in [0.25, 0.3) is 0 Å². The molecule has 2 N–H and O–H groups in total. The van der Waals surface area contributed by atoms with Crippen LogP contribution < -0.4 is 0 Å². The van der Waals surface area contributed by atoms with Crippen LogP contribution in [0.4, 0.5) is 4.39 Å². The van der Waals surface area contributed by atoms with E-state index in [1.54, 1.807) is 0 Å². The molecule has 7 heteroatoms. The Labute approximate surface area is 120 Å². The molecule has 0 heterocycles. The first-order chi connectivity index (χ1) is 9.72. The smallest absolute Gasteiger partial charge is 0.350 e. The minimum absolute atomic E-state index is 0.137. The number of Topliss-reactive ketones (excluding diaryl/α,β-unsaturated/α-hetero) is 1. The normalized spacial score (nSPS) is 13.3. The molecule has 1 unspecified atom stereocenters. The molecule has 0 aliphatic rings. The lowest BCUT2D eigenvalue weighted by Crippen LogP contribution is -2.49. The van der Waals surface area contributed by atoms with Crippen molar-refractivity contribution in [3.05, 3.63) is 35.1 Å². The molecule has 21 heavy (non-hydrogen) atoms. The summed E-state index contributed by atoms with van der Waals surface area (Å²) in [6.07, 6.45) is -1.04. The van der Waals surface area contributed by atoms with E-state index in [0.29, 0.717) is 5.56 Å². The molecule has 0 saturated heterocycles. The van der Waals surface area contributed by atoms with E-state index >= 15 is 0 Å². The van der Waals surface area contributed by atoms with Crippen LogP contribution in [0.15, 0.2) is 18.2 Å². The topological polar surface area (TPSA) is 101 Å². The summed E-state index contributed by atoms with van der Waals surface area (Å²) in [5.41, 5.74) is -2.82. The number of aliphatic hydroxyl groups is 1. The highest BCUT2D eigenvalue weighted by Crippen LogP contribution is 2.19. The Morgan fingerprint density at radius 3 is 2.43 bits per heavy atom. The van der Waals surface area contributed by atoms with Gasteiger partial charge in [-0.25, -0.2) is 14.0 Å². The summed E-state index contributed by atoms with van der Waals surface area (Å²) in [4.78, 5) is 34.5. The van der Waals surface area contributed by atoms with Gasteiger partial charge < -0.3 is 14.9 Å². The molecule has 6 nitrogen and oxygen atoms in total. The van der Waals surface area contributed by atoms with Crippen LogP contribution in [0.2, 0.25) is 0 Å². The number of carbonyl (C=O) groups excluding carboxylic acids is 2. The van der Waals surface area contributed by atoms with Gasteiger partial charge in [0, 0.05) is 5.56 Å². The van der Waals surface area contributed by atoms with Crippen molar-refractivity contribution in [3.8, 4) is 0 Å². The van der Waals surface area contributed by atoms with Crippen molar-refractivity contribution in [1.82, 2.24) is 0 Å². The van der Waals surface area contributed by atoms with E-state index in [2.05, 4.69) is 4.74 Å². The molecule has 0 aliphatic carbocycles. The zero-order chi connectivity index (χ0) is 16.2. The molecule has 0 bridgehead atoms. The second kappa shape index (κ2) is 6.45. The predicted molar refractivity (Wildman–Crippen MR) is 69.3 cm³/mol. The van der Waals surface area contributed by atoms with Crippen LogP contribution in [-0.4, -0.2) is 40.1 Å². The fourth-order valence-corrected chi connectivity index (χ4v) is 1.59. The van der Waals surface area contributed by atoms with E-state index in [1.807, 2.05) is 0 Å². The molecule has 1 aromatic carbocycles. The average molecular weight is 298 g/mol. The summed E-state index contributed by atoms with van der Waals surface area (Å²) in [5.74, 6) is -4.86. The molecule has 0 aliphatic heterocycles. The maximum atomic E-state index is 13.4. The monoisotopic (exact) mass is 298 g/mol. The third kappa shape index (κ3) is 3.63. The Morgan fingerprint density at radius 1 is 1.33 bits per heavy atom. The summed E-state index contributed by atoms with van der Waals surface area (Å²) in [6, 6.07) is 3.55. The number of hydrogen-bond donors (Lipinski definition) is 2. The predicted octanol–water partition coefficient (Wildman–Crippen LogP) is 1.09. The van der Waals surface area contributed by atoms with E-state index in [-0.39, 0.29) is 12.2 Å². The number of rotatable bonds is 6. The van der Waals surface area contributed by atoms with Gasteiger partial charge in [0.25, 0.3) is 5.60 Å². The van der Waals surface area contributed by atoms with E-state index in [4.69, 9.17) is 5.11 Å². The largest absolute Gasteiger partial charge is 0.479 e. The van der Waals surface area contributed by atoms with Crippen molar-refractivity contribution in [2.75, 3.05) is 6.61 Å². The van der Waals surface area contributed by atoms with Crippen molar-refractivity contribution in [2.45, 2.75) is 25.9 Å². The number of carboxylic acids is 1. The van der Waals surface area contributed by atoms with Gasteiger partial charge in [-0.1, -0.05) is 12.1 Å². The van der Waals surface area contributed by atoms with Crippen molar-refractivity contribution in [1.29, 1.82) is 0 Å². The van der Waals surface area contributed by atoms with Crippen LogP contribution >= 0.6 is 0 Å². The number of carboxylic acid groups (broad SMARTS) is 1. The van der Waals surface area contributed by atoms with Crippen LogP contribution in [0, 0.1) is 12.7 Å². The minimum atomic E-state index is -2.99. The van der Waals surface area contributed by atoms with Crippen LogP contribution in [0.5, 0.6) is 0 Å². The molecule has 0 spiro atoms. The van der Waals surface area contributed by atoms with E-state index in [1.165, 1.54) is 26.0 Å². The van der Waals surface area contributed by atoms with Gasteiger partial charge in [-0.15, -0.1) is 0 Å². The molecular formula is C14H15FO6. The standard InChI is InChI=1S/C14H15FO6/c1-3-21-13(19)14(20,12(17)18)7-11(16)9-5-4-8(2)10(15)6-9/h4-6,20H,3,7H2,1-2H3,(H,17,18). The molecule has 114 valence electrons. The Kier molecular flexibility index (Phi) is 5.15. The zero-order valence-corrected chi connectivity index (χ0v) is 11.6. The fourth-order valence-electron chi connectivity index (χ4n) is 1.59. The van der Waals surface area contributed by atoms with Gasteiger partial charge in [0.2, 0.25) is 0 Å². The number of carbonyl (C=O) groups is 3. The van der Waals surface area contributed by atoms with Gasteiger partial charge in [-0.3, -0.25) is 4.79 Å². The SMILES string of the molecule is CCOC(=O)C(O)(CC(=O)c1ccc(C)c(F)c1)C(=O)O. The summed E-state index contributed by atoms with van der Waals surface area (Å²) in [6.45, 7) is 2.77. The summed E-state index contributed by atoms with van der Waals surface area (Å²) in [7, 11) is 0. The molecule has 0 aromatic heterocycles. The van der Waals surface area contributed by atoms with Crippen molar-refractivity contribution >= 4 is 17.7 Å². The Hall–Kier alpha value is -2.28. The third-order valence-corrected chi connectivity index (χ3v) is 2.88. The summed E-state index contributed by atoms with van der Waals surface area (Å²) >= 11 is 0. The highest BCUT2D eigenvalue weighted by Gasteiger charge is 2.47. The number of ketones is 1. The number of aliphatic carboxylic acids is 1. The number of aryl methyl sites for hydroxylation is 1. The zero-order valence-electron chi connectivity index (χ0n) is 11.6. The van der Waals surface area contributed by atoms with Gasteiger partial charge in [0.05, 0.1) is 13.0 Å². The van der Waals surface area contributed by atoms with Crippen LogP contribution in [0.3, 0.4) is 0 Å². The highest BCUT2D eigenvalue weighted by atomic mass is 19.1. The third-order valence-electron chi connectivity index (χ3n) is 2.88. The maximum absolute atomic E-state index is 13.4. The average Bonchev–Trinajstić information content (AvgIpc) is 2.41. The van der Waals surface area contributed by atoms with Gasteiger partial charge in [-0.05, 0) is 25.5 Å². The first kappa shape index (κ1) is 16.8. The molecule has 0 saturated carbocycles. The lowest BCUT2D eigenvalue weighted by molar-refractivity contribution is -0.179. The van der Waals surface area contributed by atoms with E-state index in [9.17, 15) is 23.9 Å². The highest BCUT2D eigenvalue weighted by molar-refractivity contribution is 6.09. The molecule has 0 radical (unpaired) electrons. The van der Waals surface area contributed by atoms with Gasteiger partial charge in [0.15, 0.2) is 5.78 Å². The minimum Gasteiger partial charge on any atom is -0.479 e. The lowest BCUT2D eigenvalue weighted by Gasteiger charge is -2.20. The maximum Gasteiger partial charge on any atom is 0.350 e. The van der Waals surface area contributed by atoms with Crippen LogP contribution in [0.1, 0.15) is 29.3 Å². The molecular weight excluding hydrogens is 283 g/mol. The Balaban J connectivity index is 3.03. The second-order valence-corrected chi connectivity index (χ2v) is 4.45. The van der Waals surface area contributed by atoms with Crippen molar-refractivity contribution < 1.29 is 33.7 Å². The van der Waals surface area contributed by atoms with Gasteiger partial charge in [0.1, 0.15) is 5.82 Å². The van der Waals surface area contributed by atoms with Crippen molar-refractivity contribution in [2.24, 2.45) is 0 Å². The quantitative estimate of drug-likeness (QED) is 0.463. The van der Waals surface area contributed by atoms with Crippen LogP contribution in [-0.2, 0) is 14.3 Å². The van der Waals surface area contributed by atoms with E-state index in [0.717, 1.165) is 6.07 Å². The number of benzene rings is 1. The summed E-state index contributed by atoms with van der Waals surface area (Å²) < 4.78 is 17.8. The first-order valence-corrected chi connectivity index (χ1v) is 6.14. The Morgan fingerprint density at radius 2 is 1.95 bits per heavy atom. The molecule has 1 rings (SSSR count). The van der Waals surface area contributed by atoms with E-state index < -0.39 is 35.6 Å². The number of esters is 1. The second-order valence-electron chi connectivity index (χ2n) is 4.45. The fraction of sp³-hybridized carbons (Fsp3) is 0.357. The molecule has 0 amide bonds. The molecule has 1 atom stereocenters. The Bertz CT molecular complexity index is 583.